The standard InChI is InChI=1S/C25H19F4N3O3/c1-14-5-3-4-6-20(14)32-23(30-19-12-11-17(35-2)13-18(19)24(33)34)21(22(31-32)25(27,28)29)15-7-9-16(26)10-8-15/h3-13,30H,1-2H3,(H,33,34). The third-order valence-electron chi connectivity index (χ3n) is 5.34. The Bertz CT molecular complexity index is 1400. The van der Waals surface area contributed by atoms with E-state index in [4.69, 9.17) is 4.74 Å². The molecule has 0 bridgehead atoms. The number of halogens is 4. The lowest BCUT2D eigenvalue weighted by Gasteiger charge is -2.16. The number of ether oxygens (including phenoxy) is 1. The number of rotatable bonds is 6. The Hall–Kier alpha value is -4.34. The molecule has 180 valence electrons. The molecule has 0 fully saturated rings. The molecular formula is C25H19F4N3O3. The number of anilines is 2. The molecule has 0 unspecified atom stereocenters. The van der Waals surface area contributed by atoms with Crippen molar-refractivity contribution in [3.8, 4) is 22.6 Å². The maximum absolute atomic E-state index is 14.2. The molecule has 4 rings (SSSR count). The van der Waals surface area contributed by atoms with E-state index in [9.17, 15) is 27.5 Å². The van der Waals surface area contributed by atoms with Gasteiger partial charge in [0.1, 0.15) is 17.4 Å². The van der Waals surface area contributed by atoms with Gasteiger partial charge in [0.05, 0.1) is 29.6 Å². The first-order chi connectivity index (χ1) is 16.6. The van der Waals surface area contributed by atoms with Gasteiger partial charge in [0.25, 0.3) is 0 Å². The van der Waals surface area contributed by atoms with E-state index >= 15 is 0 Å². The highest BCUT2D eigenvalue weighted by molar-refractivity contribution is 5.96. The summed E-state index contributed by atoms with van der Waals surface area (Å²) in [5.41, 5.74) is -0.741. The molecule has 10 heteroatoms. The number of aryl methyl sites for hydroxylation is 1. The minimum atomic E-state index is -4.86. The molecule has 0 aliphatic heterocycles. The van der Waals surface area contributed by atoms with Gasteiger partial charge in [-0.2, -0.15) is 18.3 Å². The number of carbonyl (C=O) groups is 1. The monoisotopic (exact) mass is 485 g/mol. The summed E-state index contributed by atoms with van der Waals surface area (Å²) in [6.45, 7) is 1.71. The van der Waals surface area contributed by atoms with Crippen LogP contribution in [-0.2, 0) is 6.18 Å². The third kappa shape index (κ3) is 4.68. The lowest BCUT2D eigenvalue weighted by molar-refractivity contribution is -0.140. The number of hydrogen-bond donors (Lipinski definition) is 2. The molecule has 2 N–H and O–H groups in total. The minimum Gasteiger partial charge on any atom is -0.497 e. The number of aromatic carboxylic acids is 1. The molecule has 4 aromatic rings. The Balaban J connectivity index is 2.04. The van der Waals surface area contributed by atoms with Gasteiger partial charge in [-0.05, 0) is 54.4 Å². The van der Waals surface area contributed by atoms with Gasteiger partial charge < -0.3 is 15.2 Å². The molecule has 1 heterocycles. The molecule has 0 aliphatic carbocycles. The predicted octanol–water partition coefficient (Wildman–Crippen LogP) is 6.46. The summed E-state index contributed by atoms with van der Waals surface area (Å²) in [7, 11) is 1.36. The summed E-state index contributed by atoms with van der Waals surface area (Å²) in [5, 5.41) is 16.4. The molecular weight excluding hydrogens is 466 g/mol. The van der Waals surface area contributed by atoms with Gasteiger partial charge in [-0.25, -0.2) is 13.9 Å². The zero-order valence-corrected chi connectivity index (χ0v) is 18.5. The first-order valence-electron chi connectivity index (χ1n) is 10.3. The fourth-order valence-corrected chi connectivity index (χ4v) is 3.66. The van der Waals surface area contributed by atoms with E-state index in [1.807, 2.05) is 0 Å². The van der Waals surface area contributed by atoms with Gasteiger partial charge >= 0.3 is 12.1 Å². The quantitative estimate of drug-likeness (QED) is 0.307. The summed E-state index contributed by atoms with van der Waals surface area (Å²) in [6.07, 6.45) is -4.86. The summed E-state index contributed by atoms with van der Waals surface area (Å²) >= 11 is 0. The topological polar surface area (TPSA) is 76.4 Å². The van der Waals surface area contributed by atoms with Gasteiger partial charge in [0.2, 0.25) is 0 Å². The second kappa shape index (κ2) is 9.13. The van der Waals surface area contributed by atoms with Gasteiger partial charge in [0, 0.05) is 0 Å². The summed E-state index contributed by atoms with van der Waals surface area (Å²) < 4.78 is 62.3. The largest absolute Gasteiger partial charge is 0.497 e. The summed E-state index contributed by atoms with van der Waals surface area (Å²) in [5.74, 6) is -1.81. The van der Waals surface area contributed by atoms with Crippen molar-refractivity contribution in [2.75, 3.05) is 12.4 Å². The van der Waals surface area contributed by atoms with Gasteiger partial charge in [-0.15, -0.1) is 0 Å². The Morgan fingerprint density at radius 1 is 1.06 bits per heavy atom. The lowest BCUT2D eigenvalue weighted by atomic mass is 10.0. The number of para-hydroxylation sites is 1. The molecule has 0 atom stereocenters. The molecule has 0 radical (unpaired) electrons. The van der Waals surface area contributed by atoms with Crippen molar-refractivity contribution in [3.05, 3.63) is 89.4 Å². The average Bonchev–Trinajstić information content (AvgIpc) is 3.19. The van der Waals surface area contributed by atoms with Crippen molar-refractivity contribution in [2.45, 2.75) is 13.1 Å². The molecule has 0 spiro atoms. The highest BCUT2D eigenvalue weighted by atomic mass is 19.4. The highest BCUT2D eigenvalue weighted by Crippen LogP contribution is 2.43. The van der Waals surface area contributed by atoms with Gasteiger partial charge in [-0.1, -0.05) is 30.3 Å². The van der Waals surface area contributed by atoms with Crippen LogP contribution in [0.2, 0.25) is 0 Å². The van der Waals surface area contributed by atoms with Gasteiger partial charge in [-0.3, -0.25) is 0 Å². The fourth-order valence-electron chi connectivity index (χ4n) is 3.66. The van der Waals surface area contributed by atoms with Crippen molar-refractivity contribution >= 4 is 17.5 Å². The molecule has 0 saturated carbocycles. The average molecular weight is 485 g/mol. The number of benzene rings is 3. The Kier molecular flexibility index (Phi) is 6.21. The summed E-state index contributed by atoms with van der Waals surface area (Å²) in [4.78, 5) is 11.9. The zero-order chi connectivity index (χ0) is 25.3. The molecule has 1 aromatic heterocycles. The Labute approximate surface area is 197 Å². The number of carboxylic acid groups (broad SMARTS) is 1. The van der Waals surface area contributed by atoms with Crippen molar-refractivity contribution < 1.29 is 32.2 Å². The number of nitrogens with zero attached hydrogens (tertiary/aromatic N) is 2. The van der Waals surface area contributed by atoms with Crippen molar-refractivity contribution in [1.82, 2.24) is 9.78 Å². The number of hydrogen-bond acceptors (Lipinski definition) is 4. The van der Waals surface area contributed by atoms with E-state index in [0.29, 0.717) is 11.3 Å². The smallest absolute Gasteiger partial charge is 0.435 e. The minimum absolute atomic E-state index is 0.0186. The van der Waals surface area contributed by atoms with E-state index < -0.39 is 23.7 Å². The van der Waals surface area contributed by atoms with Gasteiger partial charge in [0.15, 0.2) is 5.69 Å². The molecule has 0 aliphatic rings. The van der Waals surface area contributed by atoms with Crippen LogP contribution in [0.4, 0.5) is 29.1 Å². The number of nitrogens with one attached hydrogen (secondary N) is 1. The molecule has 0 saturated heterocycles. The Morgan fingerprint density at radius 2 is 1.74 bits per heavy atom. The molecule has 6 nitrogen and oxygen atoms in total. The van der Waals surface area contributed by atoms with Crippen LogP contribution in [-0.4, -0.2) is 28.0 Å². The third-order valence-corrected chi connectivity index (χ3v) is 5.34. The van der Waals surface area contributed by atoms with E-state index in [2.05, 4.69) is 10.4 Å². The zero-order valence-electron chi connectivity index (χ0n) is 18.5. The van der Waals surface area contributed by atoms with Crippen LogP contribution in [0, 0.1) is 12.7 Å². The van der Waals surface area contributed by atoms with Crippen LogP contribution in [0.3, 0.4) is 0 Å². The molecule has 0 amide bonds. The Morgan fingerprint density at radius 3 is 2.34 bits per heavy atom. The molecule has 35 heavy (non-hydrogen) atoms. The van der Waals surface area contributed by atoms with E-state index in [1.54, 1.807) is 31.2 Å². The number of aromatic nitrogens is 2. The lowest BCUT2D eigenvalue weighted by Crippen LogP contribution is -2.09. The van der Waals surface area contributed by atoms with E-state index in [0.717, 1.165) is 16.8 Å². The first-order valence-corrected chi connectivity index (χ1v) is 10.3. The van der Waals surface area contributed by atoms with Crippen LogP contribution in [0.1, 0.15) is 21.6 Å². The number of methoxy groups -OCH3 is 1. The normalized spacial score (nSPS) is 11.4. The van der Waals surface area contributed by atoms with Crippen LogP contribution in [0.15, 0.2) is 66.7 Å². The van der Waals surface area contributed by atoms with Crippen molar-refractivity contribution in [2.24, 2.45) is 0 Å². The van der Waals surface area contributed by atoms with E-state index in [-0.39, 0.29) is 33.9 Å². The predicted molar refractivity (Wildman–Crippen MR) is 122 cm³/mol. The fraction of sp³-hybridized carbons (Fsp3) is 0.120. The number of alkyl halides is 3. The van der Waals surface area contributed by atoms with Crippen LogP contribution in [0.5, 0.6) is 5.75 Å². The van der Waals surface area contributed by atoms with E-state index in [1.165, 1.54) is 37.4 Å². The van der Waals surface area contributed by atoms with Crippen molar-refractivity contribution in [3.63, 3.8) is 0 Å². The highest BCUT2D eigenvalue weighted by Gasteiger charge is 2.40. The maximum Gasteiger partial charge on any atom is 0.435 e. The first kappa shape index (κ1) is 23.8. The second-order valence-electron chi connectivity index (χ2n) is 7.62. The van der Waals surface area contributed by atoms with Crippen LogP contribution >= 0.6 is 0 Å². The maximum atomic E-state index is 14.2. The SMILES string of the molecule is COc1ccc(Nc2c(-c3ccc(F)cc3)c(C(F)(F)F)nn2-c2ccccc2C)c(C(=O)O)c1. The van der Waals surface area contributed by atoms with Crippen molar-refractivity contribution in [1.29, 1.82) is 0 Å². The second-order valence-corrected chi connectivity index (χ2v) is 7.62. The number of carboxylic acids is 1. The van der Waals surface area contributed by atoms with Crippen LogP contribution < -0.4 is 10.1 Å². The molecule has 3 aromatic carbocycles. The summed E-state index contributed by atoms with van der Waals surface area (Å²) in [6, 6.07) is 15.3. The van der Waals surface area contributed by atoms with Crippen LogP contribution in [0.25, 0.3) is 16.8 Å².